The number of carbonyl (C=O) groups is 2. The van der Waals surface area contributed by atoms with Crippen molar-refractivity contribution in [3.8, 4) is 0 Å². The number of hydrogen-bond donors (Lipinski definition) is 2. The smallest absolute Gasteiger partial charge is 0.245 e. The second-order valence-corrected chi connectivity index (χ2v) is 10.1. The Balaban J connectivity index is 0.00000210. The van der Waals surface area contributed by atoms with E-state index in [0.29, 0.717) is 6.54 Å². The van der Waals surface area contributed by atoms with E-state index in [4.69, 9.17) is 5.73 Å². The highest BCUT2D eigenvalue weighted by atomic mass is 35.5. The highest BCUT2D eigenvalue weighted by molar-refractivity contribution is 5.90. The molecule has 27 heavy (non-hydrogen) atoms. The van der Waals surface area contributed by atoms with E-state index in [1.165, 1.54) is 19.3 Å². The number of nitrogens with two attached hydrogens (primary N) is 1. The average molecular weight is 398 g/mol. The number of rotatable bonds is 4. The molecule has 5 aliphatic rings. The molecule has 0 spiro atoms. The number of hydrogen-bond acceptors (Lipinski definition) is 3. The molecule has 0 aromatic carbocycles. The van der Waals surface area contributed by atoms with Crippen LogP contribution < -0.4 is 11.1 Å². The molecule has 5 rings (SSSR count). The third kappa shape index (κ3) is 4.00. The summed E-state index contributed by atoms with van der Waals surface area (Å²) in [5, 5.41) is 3.21. The second-order valence-electron chi connectivity index (χ2n) is 10.1. The van der Waals surface area contributed by atoms with Crippen LogP contribution in [0.4, 0.5) is 0 Å². The Hall–Kier alpha value is -0.810. The van der Waals surface area contributed by atoms with Crippen molar-refractivity contribution >= 4 is 24.2 Å². The summed E-state index contributed by atoms with van der Waals surface area (Å²) in [6.07, 6.45) is 9.03. The number of nitrogens with one attached hydrogen (secondary N) is 1. The summed E-state index contributed by atoms with van der Waals surface area (Å²) in [5.41, 5.74) is 5.87. The topological polar surface area (TPSA) is 75.4 Å². The molecule has 4 saturated carbocycles. The summed E-state index contributed by atoms with van der Waals surface area (Å²) in [6, 6.07) is -0.347. The van der Waals surface area contributed by atoms with Gasteiger partial charge in [-0.05, 0) is 75.0 Å². The molecule has 1 saturated heterocycles. The van der Waals surface area contributed by atoms with Crippen molar-refractivity contribution in [1.82, 2.24) is 10.2 Å². The number of likely N-dealkylation sites (tertiary alicyclic amines) is 1. The Kier molecular flexibility index (Phi) is 6.12. The van der Waals surface area contributed by atoms with Crippen molar-refractivity contribution in [2.24, 2.45) is 34.8 Å². The number of nitrogens with zero attached hydrogens (tertiary/aromatic N) is 1. The van der Waals surface area contributed by atoms with Crippen LogP contribution in [0, 0.1) is 29.1 Å². The van der Waals surface area contributed by atoms with E-state index in [-0.39, 0.29) is 41.6 Å². The fraction of sp³-hybridized carbons (Fsp3) is 0.905. The third-order valence-electron chi connectivity index (χ3n) is 7.51. The number of halogens is 1. The normalized spacial score (nSPS) is 38.4. The molecule has 2 unspecified atom stereocenters. The molecule has 0 aromatic heterocycles. The van der Waals surface area contributed by atoms with Crippen LogP contribution in [-0.4, -0.2) is 41.9 Å². The zero-order valence-electron chi connectivity index (χ0n) is 16.8. The van der Waals surface area contributed by atoms with Gasteiger partial charge in [-0.25, -0.2) is 0 Å². The van der Waals surface area contributed by atoms with Crippen molar-refractivity contribution in [2.75, 3.05) is 13.1 Å². The minimum Gasteiger partial charge on any atom is -0.344 e. The molecule has 2 atom stereocenters. The Labute approximate surface area is 169 Å². The van der Waals surface area contributed by atoms with Crippen molar-refractivity contribution < 1.29 is 9.59 Å². The van der Waals surface area contributed by atoms with E-state index < -0.39 is 6.04 Å². The molecule has 0 aromatic rings. The van der Waals surface area contributed by atoms with E-state index in [9.17, 15) is 9.59 Å². The molecular formula is C21H36ClN3O2. The van der Waals surface area contributed by atoms with Crippen molar-refractivity contribution in [3.63, 3.8) is 0 Å². The zero-order chi connectivity index (χ0) is 18.5. The van der Waals surface area contributed by atoms with Gasteiger partial charge in [0.15, 0.2) is 0 Å². The molecule has 3 N–H and O–H groups in total. The number of piperidine rings is 1. The van der Waals surface area contributed by atoms with Gasteiger partial charge in [-0.2, -0.15) is 0 Å². The highest BCUT2D eigenvalue weighted by Crippen LogP contribution is 2.60. The molecule has 5 nitrogen and oxygen atoms in total. The third-order valence-corrected chi connectivity index (χ3v) is 7.51. The number of amides is 2. The van der Waals surface area contributed by atoms with Crippen LogP contribution in [0.1, 0.15) is 65.2 Å². The molecule has 4 aliphatic carbocycles. The van der Waals surface area contributed by atoms with Crippen molar-refractivity contribution in [2.45, 2.75) is 77.3 Å². The molecule has 5 fully saturated rings. The van der Waals surface area contributed by atoms with Crippen LogP contribution in [0.15, 0.2) is 0 Å². The van der Waals surface area contributed by atoms with E-state index in [1.807, 2.05) is 18.7 Å². The van der Waals surface area contributed by atoms with E-state index in [0.717, 1.165) is 56.4 Å². The molecule has 1 heterocycles. The Morgan fingerprint density at radius 2 is 1.63 bits per heavy atom. The van der Waals surface area contributed by atoms with Gasteiger partial charge in [-0.3, -0.25) is 9.59 Å². The monoisotopic (exact) mass is 397 g/mol. The lowest BCUT2D eigenvalue weighted by Crippen LogP contribution is -2.60. The van der Waals surface area contributed by atoms with Crippen molar-refractivity contribution in [1.29, 1.82) is 0 Å². The first-order valence-corrected chi connectivity index (χ1v) is 10.7. The summed E-state index contributed by atoms with van der Waals surface area (Å²) < 4.78 is 0. The van der Waals surface area contributed by atoms with Crippen LogP contribution >= 0.6 is 12.4 Å². The molecule has 154 valence electrons. The summed E-state index contributed by atoms with van der Waals surface area (Å²) in [7, 11) is 0. The van der Waals surface area contributed by atoms with Gasteiger partial charge in [0.2, 0.25) is 11.8 Å². The van der Waals surface area contributed by atoms with Gasteiger partial charge in [0.25, 0.3) is 0 Å². The maximum absolute atomic E-state index is 13.4. The van der Waals surface area contributed by atoms with Gasteiger partial charge in [-0.15, -0.1) is 12.4 Å². The SMILES string of the molecule is CC(C)C(NC(=O)C12CC3CC(CC(C3)C1)C2)C(=O)N1CCCC(N)C1.Cl. The Morgan fingerprint density at radius 1 is 1.07 bits per heavy atom. The molecule has 2 amide bonds. The maximum atomic E-state index is 13.4. The molecule has 4 bridgehead atoms. The summed E-state index contributed by atoms with van der Waals surface area (Å²) in [6.45, 7) is 5.46. The maximum Gasteiger partial charge on any atom is 0.245 e. The Morgan fingerprint density at radius 3 is 2.11 bits per heavy atom. The van der Waals surface area contributed by atoms with Crippen molar-refractivity contribution in [3.05, 3.63) is 0 Å². The first-order valence-electron chi connectivity index (χ1n) is 10.7. The van der Waals surface area contributed by atoms with E-state index in [1.54, 1.807) is 0 Å². The lowest BCUT2D eigenvalue weighted by molar-refractivity contribution is -0.151. The van der Waals surface area contributed by atoms with E-state index in [2.05, 4.69) is 5.32 Å². The quantitative estimate of drug-likeness (QED) is 0.765. The summed E-state index contributed by atoms with van der Waals surface area (Å²) in [5.74, 6) is 2.53. The van der Waals surface area contributed by atoms with Crippen LogP contribution in [0.3, 0.4) is 0 Å². The van der Waals surface area contributed by atoms with E-state index >= 15 is 0 Å². The lowest BCUT2D eigenvalue weighted by Gasteiger charge is -2.56. The van der Waals surface area contributed by atoms with Gasteiger partial charge >= 0.3 is 0 Å². The van der Waals surface area contributed by atoms with Gasteiger partial charge in [0.1, 0.15) is 6.04 Å². The molecular weight excluding hydrogens is 362 g/mol. The van der Waals surface area contributed by atoms with Gasteiger partial charge in [0, 0.05) is 24.5 Å². The lowest BCUT2D eigenvalue weighted by atomic mass is 9.49. The largest absolute Gasteiger partial charge is 0.344 e. The average Bonchev–Trinajstić information content (AvgIpc) is 2.57. The molecule has 0 radical (unpaired) electrons. The first-order chi connectivity index (χ1) is 12.4. The predicted octanol–water partition coefficient (Wildman–Crippen LogP) is 2.72. The van der Waals surface area contributed by atoms with Crippen LogP contribution in [0.2, 0.25) is 0 Å². The summed E-state index contributed by atoms with van der Waals surface area (Å²) >= 11 is 0. The first kappa shape index (κ1) is 20.9. The molecule has 1 aliphatic heterocycles. The van der Waals surface area contributed by atoms with Gasteiger partial charge in [-0.1, -0.05) is 13.8 Å². The fourth-order valence-electron chi connectivity index (χ4n) is 6.60. The van der Waals surface area contributed by atoms with Crippen LogP contribution in [-0.2, 0) is 9.59 Å². The number of carbonyl (C=O) groups excluding carboxylic acids is 2. The predicted molar refractivity (Wildman–Crippen MR) is 108 cm³/mol. The Bertz CT molecular complexity index is 544. The van der Waals surface area contributed by atoms with Crippen LogP contribution in [0.5, 0.6) is 0 Å². The zero-order valence-corrected chi connectivity index (χ0v) is 17.6. The van der Waals surface area contributed by atoms with Gasteiger partial charge in [0.05, 0.1) is 0 Å². The fourth-order valence-corrected chi connectivity index (χ4v) is 6.60. The molecule has 6 heteroatoms. The highest BCUT2D eigenvalue weighted by Gasteiger charge is 2.55. The minimum absolute atomic E-state index is 0. The standard InChI is InChI=1S/C21H35N3O2.ClH/c1-13(2)18(19(25)24-5-3-4-17(22)12-24)23-20(26)21-9-14-6-15(10-21)8-16(7-14)11-21;/h13-18H,3-12,22H2,1-2H3,(H,23,26);1H. The summed E-state index contributed by atoms with van der Waals surface area (Å²) in [4.78, 5) is 28.3. The van der Waals surface area contributed by atoms with Crippen LogP contribution in [0.25, 0.3) is 0 Å². The minimum atomic E-state index is -0.416. The second kappa shape index (κ2) is 7.90. The van der Waals surface area contributed by atoms with Gasteiger partial charge < -0.3 is 16.0 Å².